The molecule has 0 unspecified atom stereocenters. The Hall–Kier alpha value is -2.15. The molecule has 1 aromatic rings. The van der Waals surface area contributed by atoms with Crippen LogP contribution in [0.3, 0.4) is 0 Å². The molecule has 23 heavy (non-hydrogen) atoms. The Bertz CT molecular complexity index is 685. The largest absolute Gasteiger partial charge is 0.347 e. The molecule has 3 rings (SSSR count). The molecule has 0 radical (unpaired) electrons. The summed E-state index contributed by atoms with van der Waals surface area (Å²) in [5.74, 6) is -1.77. The first-order valence-corrected chi connectivity index (χ1v) is 7.59. The molecule has 0 spiro atoms. The van der Waals surface area contributed by atoms with Gasteiger partial charge in [0.2, 0.25) is 11.8 Å². The quantitative estimate of drug-likeness (QED) is 0.829. The Labute approximate surface area is 137 Å². The van der Waals surface area contributed by atoms with Gasteiger partial charge in [-0.05, 0) is 25.0 Å². The van der Waals surface area contributed by atoms with Crippen LogP contribution in [0.4, 0.5) is 4.39 Å². The average Bonchev–Trinajstić information content (AvgIpc) is 2.92. The number of halogens is 2. The Balaban J connectivity index is 1.76. The summed E-state index contributed by atoms with van der Waals surface area (Å²) in [6, 6.07) is 1.67. The van der Waals surface area contributed by atoms with Crippen LogP contribution in [0, 0.1) is 12.7 Å². The van der Waals surface area contributed by atoms with E-state index in [0.717, 1.165) is 0 Å². The maximum Gasteiger partial charge on any atom is 0.256 e. The van der Waals surface area contributed by atoms with Gasteiger partial charge in [-0.25, -0.2) is 4.39 Å². The number of carbonyl (C=O) groups is 3. The predicted molar refractivity (Wildman–Crippen MR) is 80.5 cm³/mol. The van der Waals surface area contributed by atoms with E-state index < -0.39 is 23.8 Å². The van der Waals surface area contributed by atoms with Crippen molar-refractivity contribution in [3.8, 4) is 0 Å². The van der Waals surface area contributed by atoms with Gasteiger partial charge in [0.05, 0.1) is 17.1 Å². The Morgan fingerprint density at radius 3 is 2.87 bits per heavy atom. The van der Waals surface area contributed by atoms with E-state index in [0.29, 0.717) is 12.0 Å². The molecule has 0 aromatic heterocycles. The minimum Gasteiger partial charge on any atom is -0.347 e. The zero-order valence-corrected chi connectivity index (χ0v) is 13.1. The lowest BCUT2D eigenvalue weighted by Crippen LogP contribution is -2.55. The molecule has 2 heterocycles. The monoisotopic (exact) mass is 339 g/mol. The first kappa shape index (κ1) is 15.7. The lowest BCUT2D eigenvalue weighted by atomic mass is 10.1. The van der Waals surface area contributed by atoms with Gasteiger partial charge in [0, 0.05) is 12.6 Å². The van der Waals surface area contributed by atoms with E-state index in [2.05, 4.69) is 10.6 Å². The van der Waals surface area contributed by atoms with Crippen molar-refractivity contribution in [1.82, 2.24) is 15.5 Å². The second kappa shape index (κ2) is 5.81. The molecule has 2 atom stereocenters. The molecular formula is C15H15ClFN3O3. The van der Waals surface area contributed by atoms with E-state index in [1.165, 1.54) is 17.0 Å². The number of hydrogen-bond donors (Lipinski definition) is 2. The average molecular weight is 340 g/mol. The predicted octanol–water partition coefficient (Wildman–Crippen LogP) is 0.617. The van der Waals surface area contributed by atoms with Crippen molar-refractivity contribution in [2.45, 2.75) is 25.4 Å². The van der Waals surface area contributed by atoms with Gasteiger partial charge in [-0.1, -0.05) is 17.7 Å². The lowest BCUT2D eigenvalue weighted by molar-refractivity contribution is -0.143. The maximum atomic E-state index is 13.9. The van der Waals surface area contributed by atoms with E-state index in [1.807, 2.05) is 0 Å². The summed E-state index contributed by atoms with van der Waals surface area (Å²) in [7, 11) is 0. The molecule has 2 aliphatic rings. The van der Waals surface area contributed by atoms with E-state index in [1.54, 1.807) is 6.92 Å². The number of fused-ring (bicyclic) bond motifs is 1. The van der Waals surface area contributed by atoms with Gasteiger partial charge < -0.3 is 15.5 Å². The number of hydrogen-bond acceptors (Lipinski definition) is 3. The van der Waals surface area contributed by atoms with Crippen molar-refractivity contribution in [2.75, 3.05) is 13.1 Å². The number of nitrogens with one attached hydrogen (secondary N) is 2. The van der Waals surface area contributed by atoms with E-state index >= 15 is 0 Å². The lowest BCUT2D eigenvalue weighted by Gasteiger charge is -2.28. The number of carbonyl (C=O) groups excluding carboxylic acids is 3. The molecule has 122 valence electrons. The van der Waals surface area contributed by atoms with Crippen molar-refractivity contribution in [1.29, 1.82) is 0 Å². The van der Waals surface area contributed by atoms with Crippen LogP contribution >= 0.6 is 11.6 Å². The number of piperazine rings is 1. The zero-order valence-electron chi connectivity index (χ0n) is 12.4. The van der Waals surface area contributed by atoms with Crippen molar-refractivity contribution < 1.29 is 18.8 Å². The SMILES string of the molecule is Cc1ccc(F)c(C(=O)N[C@@H]2C[C@H]3C(=O)NCC(=O)N3C2)c1Cl. The summed E-state index contributed by atoms with van der Waals surface area (Å²) < 4.78 is 13.9. The molecule has 2 saturated heterocycles. The Morgan fingerprint density at radius 1 is 1.43 bits per heavy atom. The third-order valence-electron chi connectivity index (χ3n) is 4.18. The molecule has 2 fully saturated rings. The number of benzene rings is 1. The molecule has 8 heteroatoms. The highest BCUT2D eigenvalue weighted by atomic mass is 35.5. The van der Waals surface area contributed by atoms with Gasteiger partial charge in [-0.2, -0.15) is 0 Å². The van der Waals surface area contributed by atoms with Gasteiger partial charge in [-0.3, -0.25) is 14.4 Å². The fourth-order valence-electron chi connectivity index (χ4n) is 2.97. The van der Waals surface area contributed by atoms with Gasteiger partial charge in [0.15, 0.2) is 0 Å². The summed E-state index contributed by atoms with van der Waals surface area (Å²) in [5.41, 5.74) is 0.379. The van der Waals surface area contributed by atoms with Crippen LogP contribution in [-0.2, 0) is 9.59 Å². The summed E-state index contributed by atoms with van der Waals surface area (Å²) >= 11 is 6.02. The summed E-state index contributed by atoms with van der Waals surface area (Å²) in [6.07, 6.45) is 0.300. The van der Waals surface area contributed by atoms with E-state index in [-0.39, 0.29) is 35.5 Å². The topological polar surface area (TPSA) is 78.5 Å². The highest BCUT2D eigenvalue weighted by molar-refractivity contribution is 6.34. The van der Waals surface area contributed by atoms with Gasteiger partial charge in [0.25, 0.3) is 5.91 Å². The number of amides is 3. The third-order valence-corrected chi connectivity index (χ3v) is 4.67. The third kappa shape index (κ3) is 2.76. The normalized spacial score (nSPS) is 23.5. The van der Waals surface area contributed by atoms with Crippen LogP contribution in [0.25, 0.3) is 0 Å². The molecule has 0 aliphatic carbocycles. The summed E-state index contributed by atoms with van der Waals surface area (Å²) in [5, 5.41) is 5.24. The van der Waals surface area contributed by atoms with Crippen LogP contribution in [-0.4, -0.2) is 47.8 Å². The van der Waals surface area contributed by atoms with E-state index in [4.69, 9.17) is 11.6 Å². The van der Waals surface area contributed by atoms with Gasteiger partial charge >= 0.3 is 0 Å². The van der Waals surface area contributed by atoms with Crippen molar-refractivity contribution >= 4 is 29.3 Å². The molecule has 2 aliphatic heterocycles. The second-order valence-corrected chi connectivity index (χ2v) is 6.12. The highest BCUT2D eigenvalue weighted by Gasteiger charge is 2.43. The maximum absolute atomic E-state index is 13.9. The van der Waals surface area contributed by atoms with Crippen LogP contribution in [0.1, 0.15) is 22.3 Å². The first-order chi connectivity index (χ1) is 10.9. The fraction of sp³-hybridized carbons (Fsp3) is 0.400. The van der Waals surface area contributed by atoms with Crippen LogP contribution < -0.4 is 10.6 Å². The standard InChI is InChI=1S/C15H15ClFN3O3/c1-7-2-3-9(17)12(13(7)16)15(23)19-8-4-10-14(22)18-5-11(21)20(10)6-8/h2-3,8,10H,4-6H2,1H3,(H,18,22)(H,19,23)/t8-,10+/m1/s1. The molecule has 3 amide bonds. The minimum absolute atomic E-state index is 0.0334. The molecule has 0 saturated carbocycles. The molecule has 1 aromatic carbocycles. The zero-order chi connectivity index (χ0) is 16.7. The molecule has 0 bridgehead atoms. The van der Waals surface area contributed by atoms with Crippen LogP contribution in [0.2, 0.25) is 5.02 Å². The number of aryl methyl sites for hydroxylation is 1. The number of rotatable bonds is 2. The summed E-state index contributed by atoms with van der Waals surface area (Å²) in [4.78, 5) is 37.3. The van der Waals surface area contributed by atoms with E-state index in [9.17, 15) is 18.8 Å². The smallest absolute Gasteiger partial charge is 0.256 e. The van der Waals surface area contributed by atoms with Crippen molar-refractivity contribution in [3.05, 3.63) is 34.1 Å². The van der Waals surface area contributed by atoms with Crippen molar-refractivity contribution in [2.24, 2.45) is 0 Å². The Kier molecular flexibility index (Phi) is 3.97. The molecular weight excluding hydrogens is 325 g/mol. The highest BCUT2D eigenvalue weighted by Crippen LogP contribution is 2.25. The first-order valence-electron chi connectivity index (χ1n) is 7.21. The molecule has 2 N–H and O–H groups in total. The van der Waals surface area contributed by atoms with Gasteiger partial charge in [-0.15, -0.1) is 0 Å². The Morgan fingerprint density at radius 2 is 2.17 bits per heavy atom. The van der Waals surface area contributed by atoms with Crippen LogP contribution in [0.15, 0.2) is 12.1 Å². The van der Waals surface area contributed by atoms with Gasteiger partial charge in [0.1, 0.15) is 11.9 Å². The molecule has 6 nitrogen and oxygen atoms in total. The van der Waals surface area contributed by atoms with Crippen molar-refractivity contribution in [3.63, 3.8) is 0 Å². The second-order valence-electron chi connectivity index (χ2n) is 5.74. The number of nitrogens with zero attached hydrogens (tertiary/aromatic N) is 1. The minimum atomic E-state index is -0.706. The fourth-order valence-corrected chi connectivity index (χ4v) is 3.21. The van der Waals surface area contributed by atoms with Crippen LogP contribution in [0.5, 0.6) is 0 Å². The summed E-state index contributed by atoms with van der Waals surface area (Å²) in [6.45, 7) is 1.87.